The third kappa shape index (κ3) is 4.09. The van der Waals surface area contributed by atoms with Crippen LogP contribution < -0.4 is 34.7 Å². The van der Waals surface area contributed by atoms with Gasteiger partial charge < -0.3 is 15.0 Å². The van der Waals surface area contributed by atoms with Crippen LogP contribution in [0.4, 0.5) is 0 Å². The number of rotatable bonds is 4. The Hall–Kier alpha value is -0.0600. The molecule has 0 spiro atoms. The van der Waals surface area contributed by atoms with Gasteiger partial charge in [0, 0.05) is 12.4 Å². The molecule has 0 aliphatic heterocycles. The Morgan fingerprint density at radius 3 is 2.00 bits per heavy atom. The molecule has 0 amide bonds. The molecule has 0 aliphatic carbocycles. The van der Waals surface area contributed by atoms with Crippen LogP contribution >= 0.6 is 0 Å². The quantitative estimate of drug-likeness (QED) is 0.460. The van der Waals surface area contributed by atoms with Crippen LogP contribution in [0.5, 0.6) is 0 Å². The van der Waals surface area contributed by atoms with Gasteiger partial charge in [0.25, 0.3) is 0 Å². The van der Waals surface area contributed by atoms with E-state index < -0.39 is 23.8 Å². The van der Waals surface area contributed by atoms with E-state index in [1.165, 1.54) is 6.92 Å². The van der Waals surface area contributed by atoms with E-state index in [1.807, 2.05) is 0 Å². The van der Waals surface area contributed by atoms with Crippen LogP contribution in [0.2, 0.25) is 0 Å². The minimum atomic E-state index is -1.32. The van der Waals surface area contributed by atoms with Gasteiger partial charge in [-0.1, -0.05) is 6.92 Å². The average molecular weight is 182 g/mol. The molecule has 0 heterocycles. The van der Waals surface area contributed by atoms with Crippen molar-refractivity contribution in [1.29, 1.82) is 0 Å². The third-order valence-electron chi connectivity index (χ3n) is 1.83. The second kappa shape index (κ2) is 5.56. The van der Waals surface area contributed by atoms with Gasteiger partial charge >= 0.3 is 35.5 Å². The van der Waals surface area contributed by atoms with Crippen molar-refractivity contribution in [2.75, 3.05) is 0 Å². The maximum absolute atomic E-state index is 10.5. The van der Waals surface area contributed by atoms with Gasteiger partial charge in [0.1, 0.15) is 0 Å². The second-order valence-electron chi connectivity index (χ2n) is 2.77. The van der Waals surface area contributed by atoms with Gasteiger partial charge in [-0.2, -0.15) is 0 Å². The van der Waals surface area contributed by atoms with E-state index in [9.17, 15) is 14.7 Å². The predicted molar refractivity (Wildman–Crippen MR) is 35.7 cm³/mol. The van der Waals surface area contributed by atoms with Gasteiger partial charge in [-0.3, -0.25) is 4.79 Å². The summed E-state index contributed by atoms with van der Waals surface area (Å²) in [7, 11) is 0. The molecule has 4 nitrogen and oxygen atoms in total. The second-order valence-corrected chi connectivity index (χ2v) is 2.77. The molecule has 64 valence electrons. The van der Waals surface area contributed by atoms with E-state index in [1.54, 1.807) is 6.92 Å². The first kappa shape index (κ1) is 14.5. The van der Waals surface area contributed by atoms with Crippen LogP contribution in [0.15, 0.2) is 0 Å². The number of hydrogen-bond donors (Lipinski definition) is 1. The first-order chi connectivity index (χ1) is 4.92. The first-order valence-electron chi connectivity index (χ1n) is 3.35. The third-order valence-corrected chi connectivity index (χ3v) is 1.83. The fourth-order valence-corrected chi connectivity index (χ4v) is 0.670. The van der Waals surface area contributed by atoms with Crippen LogP contribution in [0.3, 0.4) is 0 Å². The van der Waals surface area contributed by atoms with Gasteiger partial charge in [0.2, 0.25) is 0 Å². The maximum atomic E-state index is 10.5. The number of carboxylic acid groups (broad SMARTS) is 2. The molecule has 0 rings (SSSR count). The van der Waals surface area contributed by atoms with Crippen LogP contribution in [-0.4, -0.2) is 17.0 Å². The smallest absolute Gasteiger partial charge is 0.550 e. The SMILES string of the molecule is CCC(C)(CC(=O)[O-])C(=O)O.[Na+]. The topological polar surface area (TPSA) is 77.4 Å². The van der Waals surface area contributed by atoms with Gasteiger partial charge in [-0.15, -0.1) is 0 Å². The Balaban J connectivity index is 0. The molecule has 0 aliphatic rings. The summed E-state index contributed by atoms with van der Waals surface area (Å²) in [5.41, 5.74) is -1.18. The largest absolute Gasteiger partial charge is 1.00 e. The molecule has 1 unspecified atom stereocenters. The number of hydrogen-bond acceptors (Lipinski definition) is 3. The van der Waals surface area contributed by atoms with Crippen molar-refractivity contribution in [3.8, 4) is 0 Å². The Kier molecular flexibility index (Phi) is 6.70. The minimum absolute atomic E-state index is 0. The van der Waals surface area contributed by atoms with E-state index in [0.29, 0.717) is 0 Å². The zero-order chi connectivity index (χ0) is 9.07. The van der Waals surface area contributed by atoms with Gasteiger partial charge in [0.05, 0.1) is 5.41 Å². The minimum Gasteiger partial charge on any atom is -0.550 e. The standard InChI is InChI=1S/C7H12O4.Na/c1-3-7(2,6(10)11)4-5(8)9;/h3-4H2,1-2H3,(H,8,9)(H,10,11);/q;+1/p-1. The Labute approximate surface area is 93.3 Å². The van der Waals surface area contributed by atoms with Gasteiger partial charge in [0.15, 0.2) is 0 Å². The molecule has 0 bridgehead atoms. The molecule has 0 aromatic carbocycles. The summed E-state index contributed by atoms with van der Waals surface area (Å²) in [4.78, 5) is 20.6. The molecule has 0 saturated heterocycles. The zero-order valence-corrected chi connectivity index (χ0v) is 9.59. The van der Waals surface area contributed by atoms with E-state index in [2.05, 4.69) is 0 Å². The van der Waals surface area contributed by atoms with Crippen molar-refractivity contribution in [2.45, 2.75) is 26.7 Å². The Morgan fingerprint density at radius 1 is 1.50 bits per heavy atom. The van der Waals surface area contributed by atoms with Crippen LogP contribution in [0, 0.1) is 5.41 Å². The normalized spacial score (nSPS) is 14.2. The summed E-state index contributed by atoms with van der Waals surface area (Å²) >= 11 is 0. The molecule has 0 aromatic heterocycles. The maximum Gasteiger partial charge on any atom is 1.00 e. The number of carbonyl (C=O) groups excluding carboxylic acids is 1. The fraction of sp³-hybridized carbons (Fsp3) is 0.714. The number of carbonyl (C=O) groups is 2. The van der Waals surface area contributed by atoms with Crippen molar-refractivity contribution in [2.24, 2.45) is 5.41 Å². The molecule has 0 radical (unpaired) electrons. The molecule has 0 saturated carbocycles. The molecule has 5 heteroatoms. The first-order valence-corrected chi connectivity index (χ1v) is 3.35. The van der Waals surface area contributed by atoms with Crippen molar-refractivity contribution < 1.29 is 49.4 Å². The van der Waals surface area contributed by atoms with E-state index in [4.69, 9.17) is 5.11 Å². The van der Waals surface area contributed by atoms with E-state index in [-0.39, 0.29) is 36.0 Å². The summed E-state index contributed by atoms with van der Waals surface area (Å²) < 4.78 is 0. The number of carboxylic acids is 2. The molecular weight excluding hydrogens is 171 g/mol. The average Bonchev–Trinajstić information content (AvgIpc) is 1.86. The Bertz CT molecular complexity index is 180. The van der Waals surface area contributed by atoms with E-state index >= 15 is 0 Å². The number of aliphatic carboxylic acids is 2. The molecule has 12 heavy (non-hydrogen) atoms. The molecular formula is C7H11NaO4. The summed E-state index contributed by atoms with van der Waals surface area (Å²) in [5, 5.41) is 18.7. The van der Waals surface area contributed by atoms with Crippen molar-refractivity contribution in [3.05, 3.63) is 0 Å². The molecule has 0 fully saturated rings. The molecule has 1 atom stereocenters. The summed E-state index contributed by atoms with van der Waals surface area (Å²) in [5.74, 6) is -2.42. The molecule has 1 N–H and O–H groups in total. The zero-order valence-electron chi connectivity index (χ0n) is 7.59. The summed E-state index contributed by atoms with van der Waals surface area (Å²) in [6.45, 7) is 3.03. The van der Waals surface area contributed by atoms with Gasteiger partial charge in [-0.25, -0.2) is 0 Å². The van der Waals surface area contributed by atoms with Gasteiger partial charge in [-0.05, 0) is 13.3 Å². The van der Waals surface area contributed by atoms with Crippen molar-refractivity contribution in [1.82, 2.24) is 0 Å². The monoisotopic (exact) mass is 182 g/mol. The van der Waals surface area contributed by atoms with Crippen molar-refractivity contribution >= 4 is 11.9 Å². The van der Waals surface area contributed by atoms with Crippen LogP contribution in [0.25, 0.3) is 0 Å². The fourth-order valence-electron chi connectivity index (χ4n) is 0.670. The van der Waals surface area contributed by atoms with Crippen LogP contribution in [-0.2, 0) is 9.59 Å². The van der Waals surface area contributed by atoms with Crippen molar-refractivity contribution in [3.63, 3.8) is 0 Å². The summed E-state index contributed by atoms with van der Waals surface area (Å²) in [6, 6.07) is 0. The predicted octanol–water partition coefficient (Wildman–Crippen LogP) is -3.37. The van der Waals surface area contributed by atoms with Crippen LogP contribution in [0.1, 0.15) is 26.7 Å². The summed E-state index contributed by atoms with van der Waals surface area (Å²) in [6.07, 6.45) is -0.144. The van der Waals surface area contributed by atoms with E-state index in [0.717, 1.165) is 0 Å². The Morgan fingerprint density at radius 2 is 1.92 bits per heavy atom. The molecule has 0 aromatic rings.